The lowest BCUT2D eigenvalue weighted by Gasteiger charge is -2.28. The number of ketones is 1. The molecule has 106 valence electrons. The Bertz CT molecular complexity index is 488. The number of aliphatic hydroxyl groups excluding tert-OH is 2. The van der Waals surface area contributed by atoms with E-state index in [0.717, 1.165) is 10.0 Å². The van der Waals surface area contributed by atoms with Crippen LogP contribution in [0.2, 0.25) is 0 Å². The van der Waals surface area contributed by atoms with E-state index in [1.54, 1.807) is 20.8 Å². The third-order valence-electron chi connectivity index (χ3n) is 3.23. The fourth-order valence-corrected chi connectivity index (χ4v) is 1.94. The van der Waals surface area contributed by atoms with Crippen molar-refractivity contribution < 1.29 is 19.7 Å². The molecular weight excluding hydrogens is 314 g/mol. The molecule has 0 aliphatic heterocycles. The van der Waals surface area contributed by atoms with Crippen LogP contribution >= 0.6 is 15.9 Å². The van der Waals surface area contributed by atoms with Crippen LogP contribution < -0.4 is 4.74 Å². The molecule has 1 aromatic heterocycles. The fraction of sp³-hybridized carbons (Fsp3) is 0.538. The Hall–Kier alpha value is -0.980. The smallest absolute Gasteiger partial charge is 0.193 e. The molecule has 0 radical (unpaired) electrons. The number of hydrogen-bond donors (Lipinski definition) is 2. The first-order valence-electron chi connectivity index (χ1n) is 5.80. The number of Topliss-reactive ketones (excluding diaryl/α,β-unsaturated/α-hetero) is 1. The molecule has 0 bridgehead atoms. The van der Waals surface area contributed by atoms with E-state index in [0.29, 0.717) is 5.75 Å². The number of ether oxygens (including phenoxy) is 1. The van der Waals surface area contributed by atoms with Gasteiger partial charge in [0.15, 0.2) is 11.5 Å². The van der Waals surface area contributed by atoms with Crippen molar-refractivity contribution in [3.05, 3.63) is 21.9 Å². The van der Waals surface area contributed by atoms with Gasteiger partial charge in [-0.1, -0.05) is 0 Å². The van der Waals surface area contributed by atoms with Crippen LogP contribution in [0, 0.1) is 12.3 Å². The van der Waals surface area contributed by atoms with Gasteiger partial charge in [-0.05, 0) is 36.7 Å². The Morgan fingerprint density at radius 3 is 2.63 bits per heavy atom. The molecule has 1 aromatic rings. The quantitative estimate of drug-likeness (QED) is 0.803. The van der Waals surface area contributed by atoms with E-state index in [9.17, 15) is 9.90 Å². The number of rotatable bonds is 5. The molecular formula is C13H18BrNO4. The van der Waals surface area contributed by atoms with Crippen molar-refractivity contribution in [2.24, 2.45) is 5.41 Å². The van der Waals surface area contributed by atoms with Crippen molar-refractivity contribution in [1.82, 2.24) is 4.98 Å². The molecule has 6 heteroatoms. The molecule has 19 heavy (non-hydrogen) atoms. The zero-order valence-corrected chi connectivity index (χ0v) is 13.0. The second kappa shape index (κ2) is 5.98. The number of carbonyl (C=O) groups is 1. The number of hydrogen-bond acceptors (Lipinski definition) is 5. The summed E-state index contributed by atoms with van der Waals surface area (Å²) >= 11 is 3.32. The molecule has 1 atom stereocenters. The molecule has 0 aliphatic rings. The maximum absolute atomic E-state index is 12.5. The Morgan fingerprint density at radius 1 is 1.58 bits per heavy atom. The molecule has 5 nitrogen and oxygen atoms in total. The molecule has 0 spiro atoms. The van der Waals surface area contributed by atoms with Gasteiger partial charge in [0.1, 0.15) is 5.69 Å². The Balaban J connectivity index is 3.31. The van der Waals surface area contributed by atoms with Crippen molar-refractivity contribution in [1.29, 1.82) is 0 Å². The van der Waals surface area contributed by atoms with Crippen LogP contribution in [-0.2, 0) is 0 Å². The van der Waals surface area contributed by atoms with Gasteiger partial charge in [0.2, 0.25) is 0 Å². The summed E-state index contributed by atoms with van der Waals surface area (Å²) in [4.78, 5) is 16.6. The van der Waals surface area contributed by atoms with Crippen molar-refractivity contribution in [2.75, 3.05) is 13.7 Å². The summed E-state index contributed by atoms with van der Waals surface area (Å²) in [6.07, 6.45) is 0.363. The minimum Gasteiger partial charge on any atom is -0.494 e. The number of halogens is 1. The second-order valence-electron chi connectivity index (χ2n) is 4.86. The van der Waals surface area contributed by atoms with Gasteiger partial charge in [0, 0.05) is 16.2 Å². The SMILES string of the molecule is COc1c(C(=O)C(C)(C)C(O)CO)ncc(Br)c1C. The van der Waals surface area contributed by atoms with Crippen molar-refractivity contribution in [3.8, 4) is 5.75 Å². The number of carbonyl (C=O) groups excluding carboxylic acids is 1. The van der Waals surface area contributed by atoms with Crippen molar-refractivity contribution in [3.63, 3.8) is 0 Å². The molecule has 0 saturated carbocycles. The van der Waals surface area contributed by atoms with Crippen LogP contribution in [0.5, 0.6) is 5.75 Å². The predicted molar refractivity (Wildman–Crippen MR) is 74.4 cm³/mol. The lowest BCUT2D eigenvalue weighted by molar-refractivity contribution is 0.00856. The monoisotopic (exact) mass is 331 g/mol. The van der Waals surface area contributed by atoms with Crippen molar-refractivity contribution >= 4 is 21.7 Å². The first kappa shape index (κ1) is 16.1. The van der Waals surface area contributed by atoms with Crippen LogP contribution in [0.3, 0.4) is 0 Å². The first-order chi connectivity index (χ1) is 8.77. The molecule has 0 aliphatic carbocycles. The Labute approximate surface area is 120 Å². The highest BCUT2D eigenvalue weighted by atomic mass is 79.9. The van der Waals surface area contributed by atoms with Gasteiger partial charge >= 0.3 is 0 Å². The third-order valence-corrected chi connectivity index (χ3v) is 4.03. The number of aromatic nitrogens is 1. The molecule has 0 amide bonds. The Morgan fingerprint density at radius 2 is 2.16 bits per heavy atom. The summed E-state index contributed by atoms with van der Waals surface area (Å²) < 4.78 is 5.97. The summed E-state index contributed by atoms with van der Waals surface area (Å²) in [5.41, 5.74) is -0.231. The molecule has 1 unspecified atom stereocenters. The highest BCUT2D eigenvalue weighted by molar-refractivity contribution is 9.10. The second-order valence-corrected chi connectivity index (χ2v) is 5.72. The zero-order chi connectivity index (χ0) is 14.8. The minimum atomic E-state index is -1.16. The topological polar surface area (TPSA) is 79.7 Å². The van der Waals surface area contributed by atoms with Gasteiger partial charge in [-0.2, -0.15) is 0 Å². The average Bonchev–Trinajstić information content (AvgIpc) is 2.39. The molecule has 0 saturated heterocycles. The lowest BCUT2D eigenvalue weighted by Crippen LogP contribution is -2.40. The number of aliphatic hydroxyl groups is 2. The predicted octanol–water partition coefficient (Wildman–Crippen LogP) is 1.72. The fourth-order valence-electron chi connectivity index (χ4n) is 1.66. The molecule has 0 aromatic carbocycles. The zero-order valence-electron chi connectivity index (χ0n) is 11.4. The lowest BCUT2D eigenvalue weighted by atomic mass is 9.80. The van der Waals surface area contributed by atoms with Crippen LogP contribution in [0.15, 0.2) is 10.7 Å². The van der Waals surface area contributed by atoms with Crippen LogP contribution in [-0.4, -0.2) is 40.8 Å². The minimum absolute atomic E-state index is 0.153. The molecule has 0 fully saturated rings. The van der Waals surface area contributed by atoms with Gasteiger partial charge in [0.05, 0.1) is 25.2 Å². The highest BCUT2D eigenvalue weighted by Gasteiger charge is 2.38. The van der Waals surface area contributed by atoms with E-state index in [1.807, 2.05) is 0 Å². The maximum atomic E-state index is 12.5. The average molecular weight is 332 g/mol. The summed E-state index contributed by atoms with van der Waals surface area (Å²) in [7, 11) is 1.46. The van der Waals surface area contributed by atoms with E-state index in [2.05, 4.69) is 20.9 Å². The normalized spacial score (nSPS) is 13.2. The standard InChI is InChI=1S/C13H18BrNO4/c1-7-8(14)5-15-10(11(7)19-4)12(18)13(2,3)9(17)6-16/h5,9,16-17H,6H2,1-4H3. The largest absolute Gasteiger partial charge is 0.494 e. The van der Waals surface area contributed by atoms with Gasteiger partial charge in [-0.25, -0.2) is 4.98 Å². The van der Waals surface area contributed by atoms with E-state index in [4.69, 9.17) is 9.84 Å². The van der Waals surface area contributed by atoms with Crippen LogP contribution in [0.1, 0.15) is 29.9 Å². The number of methoxy groups -OCH3 is 1. The molecule has 2 N–H and O–H groups in total. The van der Waals surface area contributed by atoms with Gasteiger partial charge < -0.3 is 14.9 Å². The third kappa shape index (κ3) is 2.96. The summed E-state index contributed by atoms with van der Waals surface area (Å²) in [5.74, 6) is -0.000843. The number of nitrogens with zero attached hydrogens (tertiary/aromatic N) is 1. The van der Waals surface area contributed by atoms with Gasteiger partial charge in [-0.15, -0.1) is 0 Å². The maximum Gasteiger partial charge on any atom is 0.193 e. The van der Waals surface area contributed by atoms with E-state index >= 15 is 0 Å². The van der Waals surface area contributed by atoms with Crippen LogP contribution in [0.4, 0.5) is 0 Å². The van der Waals surface area contributed by atoms with E-state index < -0.39 is 18.1 Å². The highest BCUT2D eigenvalue weighted by Crippen LogP contribution is 2.33. The van der Waals surface area contributed by atoms with Gasteiger partial charge in [-0.3, -0.25) is 4.79 Å². The van der Waals surface area contributed by atoms with E-state index in [1.165, 1.54) is 13.3 Å². The summed E-state index contributed by atoms with van der Waals surface area (Å²) in [6, 6.07) is 0. The van der Waals surface area contributed by atoms with Crippen LogP contribution in [0.25, 0.3) is 0 Å². The molecule has 1 heterocycles. The van der Waals surface area contributed by atoms with Crippen molar-refractivity contribution in [2.45, 2.75) is 26.9 Å². The van der Waals surface area contributed by atoms with Gasteiger partial charge in [0.25, 0.3) is 0 Å². The first-order valence-corrected chi connectivity index (χ1v) is 6.59. The summed E-state index contributed by atoms with van der Waals surface area (Å²) in [6.45, 7) is 4.44. The number of pyridine rings is 1. The summed E-state index contributed by atoms with van der Waals surface area (Å²) in [5, 5.41) is 18.8. The Kier molecular flexibility index (Phi) is 5.06. The van der Waals surface area contributed by atoms with E-state index in [-0.39, 0.29) is 11.5 Å². The molecule has 1 rings (SSSR count).